The van der Waals surface area contributed by atoms with Gasteiger partial charge in [-0.1, -0.05) is 6.07 Å². The Morgan fingerprint density at radius 3 is 2.32 bits per heavy atom. The van der Waals surface area contributed by atoms with Crippen molar-refractivity contribution >= 4 is 10.0 Å². The molecule has 1 saturated heterocycles. The minimum Gasteiger partial charge on any atom is -0.462 e. The molecule has 0 spiro atoms. The number of ether oxygens (including phenoxy) is 2. The topological polar surface area (TPSA) is 160 Å². The highest BCUT2D eigenvalue weighted by molar-refractivity contribution is 7.89. The Morgan fingerprint density at radius 1 is 1.14 bits per heavy atom. The van der Waals surface area contributed by atoms with Crippen molar-refractivity contribution < 1.29 is 51.5 Å². The Labute approximate surface area is 158 Å². The molecule has 1 aliphatic rings. The number of benzene rings is 1. The number of aliphatic hydroxyl groups is 4. The average molecular weight is 431 g/mol. The monoisotopic (exact) mass is 431 g/mol. The lowest BCUT2D eigenvalue weighted by atomic mass is 9.99. The molecular weight excluding hydrogens is 411 g/mol. The van der Waals surface area contributed by atoms with Gasteiger partial charge in [0.1, 0.15) is 30.2 Å². The van der Waals surface area contributed by atoms with Crippen LogP contribution in [0.15, 0.2) is 23.1 Å². The second-order valence-corrected chi connectivity index (χ2v) is 7.77. The van der Waals surface area contributed by atoms with Crippen LogP contribution in [0, 0.1) is 0 Å². The summed E-state index contributed by atoms with van der Waals surface area (Å²) in [6.45, 7) is -0.705. The number of sulfonamides is 1. The minimum atomic E-state index is -4.50. The fraction of sp³-hybridized carbons (Fsp3) is 0.600. The van der Waals surface area contributed by atoms with E-state index in [1.54, 1.807) is 0 Å². The van der Waals surface area contributed by atoms with E-state index >= 15 is 0 Å². The maximum atomic E-state index is 12.4. The Morgan fingerprint density at radius 2 is 1.79 bits per heavy atom. The fourth-order valence-corrected chi connectivity index (χ4v) is 3.47. The third-order valence-electron chi connectivity index (χ3n) is 4.12. The normalized spacial score (nSPS) is 28.9. The molecule has 1 aromatic carbocycles. The molecule has 13 heteroatoms. The van der Waals surface area contributed by atoms with Crippen LogP contribution in [0.1, 0.15) is 12.0 Å². The molecule has 0 unspecified atom stereocenters. The van der Waals surface area contributed by atoms with Gasteiger partial charge in [0.2, 0.25) is 16.3 Å². The van der Waals surface area contributed by atoms with E-state index in [2.05, 4.69) is 0 Å². The minimum absolute atomic E-state index is 0.180. The Hall–Kier alpha value is -1.48. The van der Waals surface area contributed by atoms with Crippen molar-refractivity contribution in [2.75, 3.05) is 6.61 Å². The van der Waals surface area contributed by atoms with Crippen LogP contribution in [0.2, 0.25) is 0 Å². The van der Waals surface area contributed by atoms with E-state index in [-0.39, 0.29) is 11.3 Å². The number of halogens is 3. The molecule has 1 aliphatic heterocycles. The van der Waals surface area contributed by atoms with Gasteiger partial charge >= 0.3 is 6.18 Å². The number of rotatable bonds is 6. The smallest absolute Gasteiger partial charge is 0.389 e. The first-order valence-corrected chi connectivity index (χ1v) is 9.58. The molecule has 28 heavy (non-hydrogen) atoms. The molecule has 0 aromatic heterocycles. The molecule has 9 nitrogen and oxygen atoms in total. The summed E-state index contributed by atoms with van der Waals surface area (Å²) >= 11 is 0. The van der Waals surface area contributed by atoms with Crippen molar-refractivity contribution in [2.24, 2.45) is 5.14 Å². The second-order valence-electron chi connectivity index (χ2n) is 6.24. The van der Waals surface area contributed by atoms with Gasteiger partial charge < -0.3 is 29.9 Å². The second kappa shape index (κ2) is 8.49. The van der Waals surface area contributed by atoms with Crippen LogP contribution < -0.4 is 9.88 Å². The van der Waals surface area contributed by atoms with Crippen molar-refractivity contribution in [2.45, 2.75) is 54.6 Å². The van der Waals surface area contributed by atoms with E-state index in [1.165, 1.54) is 0 Å². The molecule has 0 aliphatic carbocycles. The summed E-state index contributed by atoms with van der Waals surface area (Å²) in [5, 5.41) is 43.6. The largest absolute Gasteiger partial charge is 0.462 e. The highest BCUT2D eigenvalue weighted by Crippen LogP contribution is 2.29. The zero-order valence-electron chi connectivity index (χ0n) is 14.3. The number of aliphatic hydroxyl groups excluding tert-OH is 4. The fourth-order valence-electron chi connectivity index (χ4n) is 2.65. The van der Waals surface area contributed by atoms with Crippen LogP contribution in [-0.4, -0.2) is 72.3 Å². The zero-order chi connectivity index (χ0) is 21.3. The summed E-state index contributed by atoms with van der Waals surface area (Å²) < 4.78 is 71.1. The highest BCUT2D eigenvalue weighted by atomic mass is 32.2. The molecule has 0 amide bonds. The lowest BCUT2D eigenvalue weighted by Crippen LogP contribution is -2.60. The summed E-state index contributed by atoms with van der Waals surface area (Å²) in [7, 11) is -4.39. The average Bonchev–Trinajstić information content (AvgIpc) is 2.59. The molecule has 2 rings (SSSR count). The summed E-state index contributed by atoms with van der Waals surface area (Å²) in [5.74, 6) is -0.232. The molecule has 0 radical (unpaired) electrons. The van der Waals surface area contributed by atoms with Crippen molar-refractivity contribution in [3.63, 3.8) is 0 Å². The first-order valence-electron chi connectivity index (χ1n) is 8.03. The number of hydrogen-bond acceptors (Lipinski definition) is 8. The predicted octanol–water partition coefficient (Wildman–Crippen LogP) is -0.992. The summed E-state index contributed by atoms with van der Waals surface area (Å²) in [6, 6.07) is 3.08. The molecule has 1 fully saturated rings. The van der Waals surface area contributed by atoms with E-state index in [9.17, 15) is 36.9 Å². The number of primary sulfonamides is 1. The SMILES string of the molecule is NS(=O)(=O)c1cc(O[C@@H]2O[C@H](CO)[C@@H](O)[C@H](O)[C@H]2O)ccc1CCC(F)(F)F. The van der Waals surface area contributed by atoms with Crippen LogP contribution in [0.4, 0.5) is 13.2 Å². The molecule has 5 atom stereocenters. The lowest BCUT2D eigenvalue weighted by molar-refractivity contribution is -0.277. The molecular formula is C15H20F3NO8S. The summed E-state index contributed by atoms with van der Waals surface area (Å²) in [6.07, 6.45) is -14.3. The molecule has 1 aromatic rings. The van der Waals surface area contributed by atoms with E-state index in [4.69, 9.17) is 19.7 Å². The van der Waals surface area contributed by atoms with Gasteiger partial charge in [-0.25, -0.2) is 13.6 Å². The molecule has 0 bridgehead atoms. The van der Waals surface area contributed by atoms with Crippen molar-refractivity contribution in [1.82, 2.24) is 0 Å². The molecule has 0 saturated carbocycles. The Bertz CT molecular complexity index is 786. The van der Waals surface area contributed by atoms with E-state index < -0.39 is 71.2 Å². The Kier molecular flexibility index (Phi) is 6.91. The first kappa shape index (κ1) is 22.8. The summed E-state index contributed by atoms with van der Waals surface area (Å²) in [5.41, 5.74) is -0.180. The third kappa shape index (κ3) is 5.53. The third-order valence-corrected chi connectivity index (χ3v) is 5.12. The number of hydrogen-bond donors (Lipinski definition) is 5. The lowest BCUT2D eigenvalue weighted by Gasteiger charge is -2.39. The molecule has 1 heterocycles. The molecule has 160 valence electrons. The van der Waals surface area contributed by atoms with Crippen molar-refractivity contribution in [1.29, 1.82) is 0 Å². The quantitative estimate of drug-likeness (QED) is 0.384. The van der Waals surface area contributed by atoms with Crippen LogP contribution in [0.5, 0.6) is 5.75 Å². The number of alkyl halides is 3. The van der Waals surface area contributed by atoms with Crippen LogP contribution in [0.3, 0.4) is 0 Å². The maximum Gasteiger partial charge on any atom is 0.389 e. The standard InChI is InChI=1S/C15H20F3NO8S/c16-15(17,18)4-3-7-1-2-8(5-10(7)28(19,24)25)26-14-13(23)12(22)11(21)9(6-20)27-14/h1-2,5,9,11-14,20-23H,3-4,6H2,(H2,19,24,25)/t9-,11-,12+,13-,14-/m1/s1. The first-order chi connectivity index (χ1) is 12.8. The van der Waals surface area contributed by atoms with Gasteiger partial charge in [0, 0.05) is 12.5 Å². The summed E-state index contributed by atoms with van der Waals surface area (Å²) in [4.78, 5) is -0.598. The highest BCUT2D eigenvalue weighted by Gasteiger charge is 2.44. The number of nitrogens with two attached hydrogens (primary N) is 1. The van der Waals surface area contributed by atoms with Crippen LogP contribution in [0.25, 0.3) is 0 Å². The van der Waals surface area contributed by atoms with E-state index in [0.29, 0.717) is 0 Å². The number of aryl methyl sites for hydroxylation is 1. The van der Waals surface area contributed by atoms with Gasteiger partial charge in [-0.2, -0.15) is 13.2 Å². The van der Waals surface area contributed by atoms with Gasteiger partial charge in [-0.05, 0) is 18.1 Å². The van der Waals surface area contributed by atoms with Gasteiger partial charge in [0.05, 0.1) is 11.5 Å². The van der Waals surface area contributed by atoms with E-state index in [1.807, 2.05) is 0 Å². The van der Waals surface area contributed by atoms with Crippen molar-refractivity contribution in [3.05, 3.63) is 23.8 Å². The molecule has 6 N–H and O–H groups in total. The maximum absolute atomic E-state index is 12.4. The van der Waals surface area contributed by atoms with Gasteiger partial charge in [0.25, 0.3) is 0 Å². The Balaban J connectivity index is 2.27. The van der Waals surface area contributed by atoms with Gasteiger partial charge in [0.15, 0.2) is 0 Å². The van der Waals surface area contributed by atoms with Crippen LogP contribution in [-0.2, 0) is 21.2 Å². The van der Waals surface area contributed by atoms with E-state index in [0.717, 1.165) is 18.2 Å². The van der Waals surface area contributed by atoms with Gasteiger partial charge in [-0.15, -0.1) is 0 Å². The van der Waals surface area contributed by atoms with Crippen LogP contribution >= 0.6 is 0 Å². The van der Waals surface area contributed by atoms with Crippen molar-refractivity contribution in [3.8, 4) is 5.75 Å². The zero-order valence-corrected chi connectivity index (χ0v) is 15.1. The van der Waals surface area contributed by atoms with Gasteiger partial charge in [-0.3, -0.25) is 0 Å². The predicted molar refractivity (Wildman–Crippen MR) is 86.6 cm³/mol.